The number of aromatic nitrogens is 1. The van der Waals surface area contributed by atoms with E-state index in [1.807, 2.05) is 65.4 Å². The van der Waals surface area contributed by atoms with Crippen molar-refractivity contribution in [3.05, 3.63) is 81.6 Å². The predicted molar refractivity (Wildman–Crippen MR) is 211 cm³/mol. The number of likely N-dealkylation sites (tertiary alicyclic amines) is 1. The third kappa shape index (κ3) is 10.2. The Kier molecular flexibility index (Phi) is 13.1. The van der Waals surface area contributed by atoms with Gasteiger partial charge in [0.25, 0.3) is 0 Å². The summed E-state index contributed by atoms with van der Waals surface area (Å²) in [6, 6.07) is 9.43. The summed E-state index contributed by atoms with van der Waals surface area (Å²) in [7, 11) is 2.09. The number of ether oxygens (including phenoxy) is 1. The number of amidine groups is 1. The largest absolute Gasteiger partial charge is 0.493 e. The Hall–Kier alpha value is -3.40. The van der Waals surface area contributed by atoms with E-state index in [0.717, 1.165) is 56.7 Å². The number of allylic oxidation sites excluding steroid dienone is 3. The number of carbonyl (C=O) groups excluding carboxylic acids is 2. The average Bonchev–Trinajstić information content (AvgIpc) is 3.11. The Bertz CT molecular complexity index is 1650. The molecule has 2 aliphatic heterocycles. The minimum Gasteiger partial charge on any atom is -0.493 e. The first kappa shape index (κ1) is 39.8. The number of piperazine rings is 1. The molecule has 1 aliphatic carbocycles. The molecule has 1 aromatic heterocycles. The number of likely N-dealkylation sites (N-methyl/N-ethyl adjacent to an activating group) is 1. The number of pyridine rings is 1. The molecule has 3 amide bonds. The molecule has 3 heterocycles. The maximum atomic E-state index is 15.0. The summed E-state index contributed by atoms with van der Waals surface area (Å²) in [6.45, 7) is 17.7. The Labute approximate surface area is 320 Å². The highest BCUT2D eigenvalue weighted by Crippen LogP contribution is 2.35. The number of amides is 3. The molecule has 11 heteroatoms. The number of hydrogen-bond acceptors (Lipinski definition) is 6. The standard InChI is InChI=1S/C41H56Cl2N6O3/c1-8-52-35-26-36(40(2,3)4)44-27-34(35)38(45-41(5,6)31-11-15-33(43)16-12-31)49(28-30-9-13-32(42)14-10-30)39(51)48-19-17-29(18-20-48)25-37(50)47-23-21-46(7)22-24-47/h9-11,13-16,26-27,29,31H,8,12,17-25,28H2,1-7H3/b45-38-. The highest BCUT2D eigenvalue weighted by molar-refractivity contribution is 6.31. The summed E-state index contributed by atoms with van der Waals surface area (Å²) in [5.74, 6) is 1.64. The van der Waals surface area contributed by atoms with Crippen molar-refractivity contribution in [1.29, 1.82) is 0 Å². The van der Waals surface area contributed by atoms with Crippen molar-refractivity contribution in [2.75, 3.05) is 52.9 Å². The van der Waals surface area contributed by atoms with Crippen LogP contribution in [0.5, 0.6) is 5.75 Å². The summed E-state index contributed by atoms with van der Waals surface area (Å²) < 4.78 is 6.31. The fourth-order valence-electron chi connectivity index (χ4n) is 6.97. The third-order valence-corrected chi connectivity index (χ3v) is 11.0. The molecule has 3 aliphatic rings. The first-order valence-electron chi connectivity index (χ1n) is 18.7. The van der Waals surface area contributed by atoms with E-state index < -0.39 is 5.54 Å². The molecule has 1 unspecified atom stereocenters. The van der Waals surface area contributed by atoms with Crippen LogP contribution in [0.3, 0.4) is 0 Å². The SMILES string of the molecule is CCOc1cc(C(C)(C)C)ncc1/C(=N/C(C)(C)C1C=CC(Cl)=CC1)N(Cc1ccc(Cl)cc1)C(=O)N1CCC(CC(=O)N2CCN(C)CC2)CC1. The number of carbonyl (C=O) groups is 2. The number of piperidine rings is 1. The zero-order valence-corrected chi connectivity index (χ0v) is 33.5. The van der Waals surface area contributed by atoms with Crippen molar-refractivity contribution in [2.24, 2.45) is 16.8 Å². The molecular weight excluding hydrogens is 695 g/mol. The van der Waals surface area contributed by atoms with Gasteiger partial charge in [-0.2, -0.15) is 0 Å². The smallest absolute Gasteiger partial charge is 0.325 e. The number of urea groups is 1. The van der Waals surface area contributed by atoms with Crippen LogP contribution >= 0.6 is 23.2 Å². The Morgan fingerprint density at radius 2 is 1.65 bits per heavy atom. The van der Waals surface area contributed by atoms with Gasteiger partial charge in [0.1, 0.15) is 11.6 Å². The van der Waals surface area contributed by atoms with Crippen LogP contribution in [0.2, 0.25) is 5.02 Å². The number of aliphatic imine (C=N–C) groups is 1. The van der Waals surface area contributed by atoms with E-state index >= 15 is 0 Å². The van der Waals surface area contributed by atoms with Crippen LogP contribution in [0.15, 0.2) is 64.8 Å². The second kappa shape index (κ2) is 17.2. The minimum absolute atomic E-state index is 0.0448. The van der Waals surface area contributed by atoms with Gasteiger partial charge in [0.2, 0.25) is 5.91 Å². The molecule has 1 aromatic carbocycles. The van der Waals surface area contributed by atoms with Crippen molar-refractivity contribution in [3.63, 3.8) is 0 Å². The van der Waals surface area contributed by atoms with Gasteiger partial charge in [-0.15, -0.1) is 0 Å². The quantitative estimate of drug-likeness (QED) is 0.191. The maximum absolute atomic E-state index is 15.0. The van der Waals surface area contributed by atoms with E-state index in [0.29, 0.717) is 53.3 Å². The van der Waals surface area contributed by atoms with Gasteiger partial charge in [-0.3, -0.25) is 19.7 Å². The minimum atomic E-state index is -0.624. The highest BCUT2D eigenvalue weighted by atomic mass is 35.5. The molecule has 0 radical (unpaired) electrons. The molecule has 52 heavy (non-hydrogen) atoms. The van der Waals surface area contributed by atoms with E-state index in [4.69, 9.17) is 37.9 Å². The van der Waals surface area contributed by atoms with Crippen molar-refractivity contribution >= 4 is 41.0 Å². The summed E-state index contributed by atoms with van der Waals surface area (Å²) >= 11 is 12.6. The predicted octanol–water partition coefficient (Wildman–Crippen LogP) is 8.15. The number of benzene rings is 1. The topological polar surface area (TPSA) is 81.6 Å². The van der Waals surface area contributed by atoms with Gasteiger partial charge in [0.15, 0.2) is 0 Å². The summed E-state index contributed by atoms with van der Waals surface area (Å²) in [4.78, 5) is 46.5. The Balaban J connectivity index is 1.51. The van der Waals surface area contributed by atoms with Crippen LogP contribution in [-0.4, -0.2) is 101 Å². The molecule has 1 atom stereocenters. The van der Waals surface area contributed by atoms with Crippen molar-refractivity contribution in [3.8, 4) is 5.75 Å². The van der Waals surface area contributed by atoms with Crippen LogP contribution < -0.4 is 4.74 Å². The van der Waals surface area contributed by atoms with Crippen molar-refractivity contribution in [2.45, 2.75) is 84.7 Å². The number of nitrogens with zero attached hydrogens (tertiary/aromatic N) is 6. The Morgan fingerprint density at radius 3 is 2.25 bits per heavy atom. The molecule has 0 spiro atoms. The second-order valence-corrected chi connectivity index (χ2v) is 16.8. The monoisotopic (exact) mass is 750 g/mol. The van der Waals surface area contributed by atoms with Crippen LogP contribution in [0, 0.1) is 11.8 Å². The summed E-state index contributed by atoms with van der Waals surface area (Å²) in [5, 5.41) is 1.34. The van der Waals surface area contributed by atoms with Gasteiger partial charge in [0.05, 0.1) is 24.3 Å². The second-order valence-electron chi connectivity index (χ2n) is 15.9. The Morgan fingerprint density at radius 1 is 0.981 bits per heavy atom. The van der Waals surface area contributed by atoms with Gasteiger partial charge < -0.3 is 19.4 Å². The summed E-state index contributed by atoms with van der Waals surface area (Å²) in [6.07, 6.45) is 10.6. The molecule has 2 aromatic rings. The van der Waals surface area contributed by atoms with Crippen LogP contribution in [0.25, 0.3) is 0 Å². The van der Waals surface area contributed by atoms with Gasteiger partial charge in [0, 0.05) is 85.0 Å². The zero-order valence-electron chi connectivity index (χ0n) is 32.0. The molecule has 0 N–H and O–H groups in total. The first-order valence-corrected chi connectivity index (χ1v) is 19.4. The van der Waals surface area contributed by atoms with E-state index in [2.05, 4.69) is 52.6 Å². The van der Waals surface area contributed by atoms with Gasteiger partial charge in [-0.25, -0.2) is 4.79 Å². The van der Waals surface area contributed by atoms with E-state index in [1.54, 1.807) is 4.90 Å². The highest BCUT2D eigenvalue weighted by Gasteiger charge is 2.36. The third-order valence-electron chi connectivity index (χ3n) is 10.5. The van der Waals surface area contributed by atoms with Gasteiger partial charge in [-0.1, -0.05) is 68.3 Å². The lowest BCUT2D eigenvalue weighted by atomic mass is 9.83. The first-order chi connectivity index (χ1) is 24.6. The number of rotatable bonds is 9. The number of hydrogen-bond donors (Lipinski definition) is 0. The molecular formula is C41H56Cl2N6O3. The van der Waals surface area contributed by atoms with Crippen LogP contribution in [0.1, 0.15) is 84.0 Å². The van der Waals surface area contributed by atoms with Crippen LogP contribution in [0.4, 0.5) is 4.79 Å². The molecule has 282 valence electrons. The fourth-order valence-corrected chi connectivity index (χ4v) is 7.25. The number of halogens is 2. The van der Waals surface area contributed by atoms with Crippen molar-refractivity contribution < 1.29 is 14.3 Å². The van der Waals surface area contributed by atoms with Gasteiger partial charge >= 0.3 is 6.03 Å². The van der Waals surface area contributed by atoms with Crippen LogP contribution in [-0.2, 0) is 16.8 Å². The van der Waals surface area contributed by atoms with E-state index in [9.17, 15) is 9.59 Å². The maximum Gasteiger partial charge on any atom is 0.325 e. The normalized spacial score (nSPS) is 19.4. The molecule has 0 saturated carbocycles. The van der Waals surface area contributed by atoms with Gasteiger partial charge in [-0.05, 0) is 76.8 Å². The lowest BCUT2D eigenvalue weighted by Crippen LogP contribution is -2.50. The lowest BCUT2D eigenvalue weighted by molar-refractivity contribution is -0.134. The molecule has 5 rings (SSSR count). The molecule has 0 bridgehead atoms. The average molecular weight is 752 g/mol. The fraction of sp³-hybridized carbons (Fsp3) is 0.561. The lowest BCUT2D eigenvalue weighted by Gasteiger charge is -2.38. The molecule has 2 fully saturated rings. The molecule has 2 saturated heterocycles. The van der Waals surface area contributed by atoms with Crippen molar-refractivity contribution in [1.82, 2.24) is 24.6 Å². The van der Waals surface area contributed by atoms with E-state index in [-0.39, 0.29) is 35.7 Å². The summed E-state index contributed by atoms with van der Waals surface area (Å²) in [5.41, 5.74) is 1.62. The molecule has 9 nitrogen and oxygen atoms in total. The van der Waals surface area contributed by atoms with E-state index in [1.165, 1.54) is 0 Å². The zero-order chi connectivity index (χ0) is 37.6.